The third kappa shape index (κ3) is 1.94. The highest BCUT2D eigenvalue weighted by molar-refractivity contribution is 4.89. The van der Waals surface area contributed by atoms with Crippen LogP contribution in [0.1, 0.15) is 0 Å². The van der Waals surface area contributed by atoms with Crippen LogP contribution in [0, 0.1) is 18.3 Å². The Labute approximate surface area is 61.1 Å². The Morgan fingerprint density at radius 3 is 2.10 bits per heavy atom. The molecule has 0 saturated carbocycles. The van der Waals surface area contributed by atoms with E-state index in [0.717, 1.165) is 0 Å². The topological polar surface area (TPSA) is 54.6 Å². The van der Waals surface area contributed by atoms with Gasteiger partial charge in [-0.25, -0.2) is 5.32 Å². The van der Waals surface area contributed by atoms with E-state index in [9.17, 15) is 0 Å². The Kier molecular flexibility index (Phi) is 3.12. The van der Waals surface area contributed by atoms with Crippen molar-refractivity contribution in [3.05, 3.63) is 6.42 Å². The van der Waals surface area contributed by atoms with Crippen LogP contribution in [-0.2, 0) is 0 Å². The molecule has 2 radical (unpaired) electrons. The molecule has 1 heterocycles. The first kappa shape index (κ1) is 7.98. The van der Waals surface area contributed by atoms with Crippen molar-refractivity contribution in [2.24, 2.45) is 11.8 Å². The lowest BCUT2D eigenvalue weighted by Gasteiger charge is -2.25. The molecule has 1 aliphatic rings. The maximum atomic E-state index is 8.73. The predicted molar refractivity (Wildman–Crippen MR) is 37.3 cm³/mol. The quantitative estimate of drug-likeness (QED) is 0.522. The van der Waals surface area contributed by atoms with Crippen molar-refractivity contribution in [2.75, 3.05) is 26.3 Å². The molecule has 58 valence electrons. The summed E-state index contributed by atoms with van der Waals surface area (Å²) in [6.07, 6.45) is 1.99. The summed E-state index contributed by atoms with van der Waals surface area (Å²) in [5.41, 5.74) is 0. The van der Waals surface area contributed by atoms with Gasteiger partial charge in [0, 0.05) is 26.3 Å². The van der Waals surface area contributed by atoms with Crippen LogP contribution < -0.4 is 5.32 Å². The number of nitrogens with zero attached hydrogens (tertiary/aromatic N) is 1. The van der Waals surface area contributed by atoms with Gasteiger partial charge < -0.3 is 10.2 Å². The molecule has 0 aromatic heterocycles. The zero-order valence-electron chi connectivity index (χ0n) is 5.90. The molecule has 1 saturated heterocycles. The van der Waals surface area contributed by atoms with Crippen LogP contribution >= 0.6 is 0 Å². The molecule has 0 bridgehead atoms. The molecule has 0 aliphatic carbocycles. The molecule has 1 fully saturated rings. The molecule has 2 atom stereocenters. The fourth-order valence-electron chi connectivity index (χ4n) is 1.15. The second kappa shape index (κ2) is 3.91. The molecule has 3 heteroatoms. The lowest BCUT2D eigenvalue weighted by Crippen LogP contribution is -2.35. The largest absolute Gasteiger partial charge is 0.396 e. The van der Waals surface area contributed by atoms with E-state index >= 15 is 0 Å². The van der Waals surface area contributed by atoms with Crippen molar-refractivity contribution in [3.8, 4) is 0 Å². The highest BCUT2D eigenvalue weighted by Crippen LogP contribution is 2.14. The maximum absolute atomic E-state index is 8.73. The Balaban J connectivity index is 2.25. The number of piperidine rings is 1. The fourth-order valence-corrected chi connectivity index (χ4v) is 1.15. The summed E-state index contributed by atoms with van der Waals surface area (Å²) in [6.45, 7) is 1.74. The van der Waals surface area contributed by atoms with Gasteiger partial charge in [-0.1, -0.05) is 0 Å². The van der Waals surface area contributed by atoms with Crippen LogP contribution in [0.15, 0.2) is 0 Å². The summed E-state index contributed by atoms with van der Waals surface area (Å²) >= 11 is 0. The lowest BCUT2D eigenvalue weighted by molar-refractivity contribution is 0.176. The molecule has 0 aromatic rings. The summed E-state index contributed by atoms with van der Waals surface area (Å²) in [4.78, 5) is 0. The minimum Gasteiger partial charge on any atom is -0.396 e. The number of rotatable bonds is 2. The Morgan fingerprint density at radius 1 is 1.20 bits per heavy atom. The summed E-state index contributed by atoms with van der Waals surface area (Å²) in [5.74, 6) is 0.344. The fraction of sp³-hybridized carbons (Fsp3) is 0.857. The van der Waals surface area contributed by atoms with Crippen molar-refractivity contribution >= 4 is 0 Å². The van der Waals surface area contributed by atoms with E-state index in [1.54, 1.807) is 0 Å². The third-order valence-electron chi connectivity index (χ3n) is 1.74. The van der Waals surface area contributed by atoms with Crippen LogP contribution in [0.25, 0.3) is 0 Å². The first-order chi connectivity index (χ1) is 4.86. The van der Waals surface area contributed by atoms with E-state index in [2.05, 4.69) is 5.32 Å². The van der Waals surface area contributed by atoms with Crippen molar-refractivity contribution < 1.29 is 10.2 Å². The maximum Gasteiger partial charge on any atom is 0.0474 e. The van der Waals surface area contributed by atoms with Gasteiger partial charge in [0.1, 0.15) is 0 Å². The first-order valence-electron chi connectivity index (χ1n) is 3.56. The number of aliphatic hydroxyl groups excluding tert-OH is 2. The monoisotopic (exact) mass is 143 g/mol. The minimum absolute atomic E-state index is 0.153. The molecule has 3 nitrogen and oxygen atoms in total. The van der Waals surface area contributed by atoms with Crippen molar-refractivity contribution in [2.45, 2.75) is 0 Å². The molecule has 0 aromatic carbocycles. The molecule has 10 heavy (non-hydrogen) atoms. The van der Waals surface area contributed by atoms with E-state index in [1.165, 1.54) is 0 Å². The summed E-state index contributed by atoms with van der Waals surface area (Å²) < 4.78 is 0. The van der Waals surface area contributed by atoms with Crippen molar-refractivity contribution in [1.29, 1.82) is 0 Å². The Hall–Kier alpha value is -0.120. The van der Waals surface area contributed by atoms with Gasteiger partial charge in [-0.05, 0) is 18.3 Å². The van der Waals surface area contributed by atoms with Crippen molar-refractivity contribution in [3.63, 3.8) is 0 Å². The van der Waals surface area contributed by atoms with Crippen LogP contribution in [0.2, 0.25) is 0 Å². The molecule has 2 N–H and O–H groups in total. The van der Waals surface area contributed by atoms with E-state index in [0.29, 0.717) is 13.1 Å². The average Bonchev–Trinajstić information content (AvgIpc) is 2.05. The van der Waals surface area contributed by atoms with Gasteiger partial charge in [-0.3, -0.25) is 0 Å². The molecule has 0 amide bonds. The van der Waals surface area contributed by atoms with Gasteiger partial charge in [0.15, 0.2) is 0 Å². The average molecular weight is 143 g/mol. The second-order valence-corrected chi connectivity index (χ2v) is 2.67. The number of hydrogen-bond acceptors (Lipinski definition) is 2. The molecule has 2 unspecified atom stereocenters. The van der Waals surface area contributed by atoms with Crippen LogP contribution in [0.5, 0.6) is 0 Å². The van der Waals surface area contributed by atoms with Crippen molar-refractivity contribution in [1.82, 2.24) is 5.32 Å². The van der Waals surface area contributed by atoms with Crippen LogP contribution in [-0.4, -0.2) is 36.5 Å². The highest BCUT2D eigenvalue weighted by atomic mass is 16.3. The number of hydrogen-bond donors (Lipinski definition) is 2. The molecule has 1 rings (SSSR count). The molecule has 0 spiro atoms. The Bertz CT molecular complexity index is 87.6. The smallest absolute Gasteiger partial charge is 0.0474 e. The third-order valence-corrected chi connectivity index (χ3v) is 1.74. The van der Waals surface area contributed by atoms with Gasteiger partial charge in [0.2, 0.25) is 0 Å². The molecule has 1 aliphatic heterocycles. The zero-order chi connectivity index (χ0) is 7.40. The SMILES string of the molecule is OCC1[CH]C(CO)C[N]C1. The normalized spacial score (nSPS) is 34.2. The van der Waals surface area contributed by atoms with E-state index in [-0.39, 0.29) is 25.0 Å². The van der Waals surface area contributed by atoms with Gasteiger partial charge in [-0.15, -0.1) is 0 Å². The van der Waals surface area contributed by atoms with Gasteiger partial charge in [0.25, 0.3) is 0 Å². The van der Waals surface area contributed by atoms with Gasteiger partial charge in [-0.2, -0.15) is 0 Å². The minimum atomic E-state index is 0.153. The number of aliphatic hydroxyl groups is 2. The van der Waals surface area contributed by atoms with Gasteiger partial charge >= 0.3 is 0 Å². The predicted octanol–water partition coefficient (Wildman–Crippen LogP) is -0.974. The summed E-state index contributed by atoms with van der Waals surface area (Å²) in [5, 5.41) is 21.6. The lowest BCUT2D eigenvalue weighted by atomic mass is 9.92. The first-order valence-corrected chi connectivity index (χ1v) is 3.56. The molecular weight excluding hydrogens is 130 g/mol. The molecular formula is C7H13NO2. The van der Waals surface area contributed by atoms with E-state index < -0.39 is 0 Å². The Morgan fingerprint density at radius 2 is 1.70 bits per heavy atom. The van der Waals surface area contributed by atoms with E-state index in [1.807, 2.05) is 6.42 Å². The van der Waals surface area contributed by atoms with E-state index in [4.69, 9.17) is 10.2 Å². The highest BCUT2D eigenvalue weighted by Gasteiger charge is 2.20. The van der Waals surface area contributed by atoms with Crippen LogP contribution in [0.4, 0.5) is 0 Å². The zero-order valence-corrected chi connectivity index (χ0v) is 5.90. The summed E-state index contributed by atoms with van der Waals surface area (Å²) in [7, 11) is 0. The second-order valence-electron chi connectivity index (χ2n) is 2.67. The van der Waals surface area contributed by atoms with Crippen LogP contribution in [0.3, 0.4) is 0 Å². The standard InChI is InChI=1S/C7H13NO2/c9-4-6-1-7(5-10)3-8-2-6/h1,6-7,9-10H,2-5H2. The summed E-state index contributed by atoms with van der Waals surface area (Å²) in [6, 6.07) is 0. The van der Waals surface area contributed by atoms with Gasteiger partial charge in [0.05, 0.1) is 0 Å².